The molecule has 1 aliphatic heterocycles. The molecule has 0 spiro atoms. The Balaban J connectivity index is 2.68. The van der Waals surface area contributed by atoms with Gasteiger partial charge in [0.2, 0.25) is 0 Å². The van der Waals surface area contributed by atoms with Crippen LogP contribution in [0.2, 0.25) is 0 Å². The smallest absolute Gasteiger partial charge is 0.335 e. The summed E-state index contributed by atoms with van der Waals surface area (Å²) in [4.78, 5) is 11.0. The SMILES string of the molecule is CC(C)C1C#CN(Cl)C(=O)NC1. The number of carbonyl (C=O) groups excluding carboxylic acids is 1. The van der Waals surface area contributed by atoms with Gasteiger partial charge in [-0.3, -0.25) is 0 Å². The zero-order chi connectivity index (χ0) is 9.14. The largest absolute Gasteiger partial charge is 0.344 e. The van der Waals surface area contributed by atoms with Crippen LogP contribution in [-0.4, -0.2) is 17.0 Å². The standard InChI is InChI=1S/C8H11ClN2O/c1-6(2)7-3-4-11(9)8(12)10-5-7/h6-7H,5H2,1-2H3,(H,10,12). The van der Waals surface area contributed by atoms with E-state index in [9.17, 15) is 4.79 Å². The number of urea groups is 1. The first-order valence-electron chi connectivity index (χ1n) is 3.86. The van der Waals surface area contributed by atoms with Crippen LogP contribution in [0.25, 0.3) is 0 Å². The Morgan fingerprint density at radius 2 is 2.42 bits per heavy atom. The molecule has 4 heteroatoms. The van der Waals surface area contributed by atoms with E-state index >= 15 is 0 Å². The van der Waals surface area contributed by atoms with Crippen LogP contribution in [0.4, 0.5) is 4.79 Å². The summed E-state index contributed by atoms with van der Waals surface area (Å²) < 4.78 is 0.863. The van der Waals surface area contributed by atoms with Gasteiger partial charge in [0.1, 0.15) is 0 Å². The molecule has 1 rings (SSSR count). The summed E-state index contributed by atoms with van der Waals surface area (Å²) in [5.74, 6) is 3.55. The lowest BCUT2D eigenvalue weighted by Crippen LogP contribution is -2.33. The molecule has 1 N–H and O–H groups in total. The first kappa shape index (κ1) is 9.21. The van der Waals surface area contributed by atoms with Crippen molar-refractivity contribution in [3.8, 4) is 12.0 Å². The molecular formula is C8H11ClN2O. The molecule has 1 heterocycles. The predicted octanol–water partition coefficient (Wildman–Crippen LogP) is 1.40. The quantitative estimate of drug-likeness (QED) is 0.487. The molecule has 66 valence electrons. The highest BCUT2D eigenvalue weighted by Crippen LogP contribution is 2.10. The molecule has 1 unspecified atom stereocenters. The van der Waals surface area contributed by atoms with Crippen LogP contribution in [0.5, 0.6) is 0 Å². The van der Waals surface area contributed by atoms with Crippen molar-refractivity contribution >= 4 is 17.8 Å². The highest BCUT2D eigenvalue weighted by Gasteiger charge is 2.17. The molecule has 0 aromatic rings. The minimum atomic E-state index is -0.340. The third-order valence-electron chi connectivity index (χ3n) is 1.80. The molecule has 0 aliphatic carbocycles. The van der Waals surface area contributed by atoms with Crippen LogP contribution in [0.1, 0.15) is 13.8 Å². The van der Waals surface area contributed by atoms with Gasteiger partial charge in [0.05, 0.1) is 0 Å². The van der Waals surface area contributed by atoms with E-state index in [1.807, 2.05) is 0 Å². The average Bonchev–Trinajstić information content (AvgIpc) is 2.16. The summed E-state index contributed by atoms with van der Waals surface area (Å²) in [6.45, 7) is 4.71. The summed E-state index contributed by atoms with van der Waals surface area (Å²) in [5.41, 5.74) is 0. The van der Waals surface area contributed by atoms with Gasteiger partial charge in [-0.2, -0.15) is 4.42 Å². The molecule has 3 nitrogen and oxygen atoms in total. The van der Waals surface area contributed by atoms with Gasteiger partial charge in [-0.15, -0.1) is 0 Å². The molecule has 0 saturated heterocycles. The Hall–Kier alpha value is -0.880. The van der Waals surface area contributed by atoms with Crippen molar-refractivity contribution in [1.29, 1.82) is 0 Å². The van der Waals surface area contributed by atoms with Crippen LogP contribution in [0.15, 0.2) is 0 Å². The van der Waals surface area contributed by atoms with E-state index in [1.165, 1.54) is 0 Å². The number of amides is 2. The molecule has 0 aromatic carbocycles. The zero-order valence-corrected chi connectivity index (χ0v) is 7.85. The molecule has 1 atom stereocenters. The Morgan fingerprint density at radius 3 is 3.00 bits per heavy atom. The van der Waals surface area contributed by atoms with Crippen molar-refractivity contribution in [2.24, 2.45) is 11.8 Å². The minimum absolute atomic E-state index is 0.192. The van der Waals surface area contributed by atoms with Crippen molar-refractivity contribution in [3.63, 3.8) is 0 Å². The molecule has 0 fully saturated rings. The molecule has 0 aromatic heterocycles. The van der Waals surface area contributed by atoms with Gasteiger partial charge >= 0.3 is 6.03 Å². The fourth-order valence-electron chi connectivity index (χ4n) is 0.910. The van der Waals surface area contributed by atoms with Gasteiger partial charge in [-0.25, -0.2) is 4.79 Å². The Morgan fingerprint density at radius 1 is 1.75 bits per heavy atom. The molecular weight excluding hydrogens is 176 g/mol. The number of hydrogen-bond acceptors (Lipinski definition) is 1. The molecule has 0 saturated carbocycles. The monoisotopic (exact) mass is 186 g/mol. The lowest BCUT2D eigenvalue weighted by molar-refractivity contribution is 0.233. The van der Waals surface area contributed by atoms with E-state index in [0.717, 1.165) is 4.42 Å². The van der Waals surface area contributed by atoms with Gasteiger partial charge in [0.25, 0.3) is 0 Å². The summed E-state index contributed by atoms with van der Waals surface area (Å²) in [6, 6.07) is 2.22. The second-order valence-electron chi connectivity index (χ2n) is 3.07. The van der Waals surface area contributed by atoms with E-state index in [4.69, 9.17) is 11.8 Å². The average molecular weight is 187 g/mol. The van der Waals surface area contributed by atoms with Crippen LogP contribution in [0.3, 0.4) is 0 Å². The number of carbonyl (C=O) groups is 1. The molecule has 2 amide bonds. The Kier molecular flexibility index (Phi) is 2.83. The summed E-state index contributed by atoms with van der Waals surface area (Å²) in [5, 5.41) is 2.66. The summed E-state index contributed by atoms with van der Waals surface area (Å²) >= 11 is 5.49. The second kappa shape index (κ2) is 3.68. The zero-order valence-electron chi connectivity index (χ0n) is 7.10. The van der Waals surface area contributed by atoms with Gasteiger partial charge in [-0.05, 0) is 5.92 Å². The summed E-state index contributed by atoms with van der Waals surface area (Å²) in [6.07, 6.45) is 0. The Labute approximate surface area is 77.2 Å². The highest BCUT2D eigenvalue weighted by molar-refractivity contribution is 6.22. The van der Waals surface area contributed by atoms with E-state index < -0.39 is 0 Å². The van der Waals surface area contributed by atoms with Gasteiger partial charge in [0, 0.05) is 30.3 Å². The lowest BCUT2D eigenvalue weighted by Gasteiger charge is -2.12. The first-order valence-corrected chi connectivity index (χ1v) is 4.20. The Bertz CT molecular complexity index is 241. The normalized spacial score (nSPS) is 22.8. The molecule has 0 bridgehead atoms. The van der Waals surface area contributed by atoms with Crippen molar-refractivity contribution in [3.05, 3.63) is 0 Å². The van der Waals surface area contributed by atoms with Crippen molar-refractivity contribution in [1.82, 2.24) is 9.74 Å². The van der Waals surface area contributed by atoms with Gasteiger partial charge in [-0.1, -0.05) is 19.8 Å². The highest BCUT2D eigenvalue weighted by atomic mass is 35.5. The molecule has 12 heavy (non-hydrogen) atoms. The van der Waals surface area contributed by atoms with Crippen LogP contribution >= 0.6 is 11.8 Å². The van der Waals surface area contributed by atoms with Gasteiger partial charge < -0.3 is 5.32 Å². The third kappa shape index (κ3) is 2.05. The number of nitrogens with one attached hydrogen (secondary N) is 1. The van der Waals surface area contributed by atoms with Crippen LogP contribution in [0, 0.1) is 23.8 Å². The number of halogens is 1. The maximum atomic E-state index is 11.0. The topological polar surface area (TPSA) is 32.3 Å². The second-order valence-corrected chi connectivity index (χ2v) is 3.41. The van der Waals surface area contributed by atoms with E-state index in [2.05, 4.69) is 31.1 Å². The molecule has 1 aliphatic rings. The van der Waals surface area contributed by atoms with E-state index in [1.54, 1.807) is 0 Å². The maximum absolute atomic E-state index is 11.0. The number of rotatable bonds is 1. The minimum Gasteiger partial charge on any atom is -0.335 e. The fraction of sp³-hybridized carbons (Fsp3) is 0.625. The van der Waals surface area contributed by atoms with Crippen LogP contribution in [-0.2, 0) is 0 Å². The number of hydrogen-bond donors (Lipinski definition) is 1. The van der Waals surface area contributed by atoms with Crippen LogP contribution < -0.4 is 5.32 Å². The van der Waals surface area contributed by atoms with Crippen molar-refractivity contribution in [2.75, 3.05) is 6.54 Å². The summed E-state index contributed by atoms with van der Waals surface area (Å²) in [7, 11) is 0. The van der Waals surface area contributed by atoms with Crippen molar-refractivity contribution in [2.45, 2.75) is 13.8 Å². The lowest BCUT2D eigenvalue weighted by atomic mass is 9.97. The van der Waals surface area contributed by atoms with Gasteiger partial charge in [0.15, 0.2) is 0 Å². The fourth-order valence-corrected chi connectivity index (χ4v) is 1.02. The molecule has 0 radical (unpaired) electrons. The predicted molar refractivity (Wildman–Crippen MR) is 47.2 cm³/mol. The third-order valence-corrected chi connectivity index (χ3v) is 2.04. The first-order chi connectivity index (χ1) is 5.61. The van der Waals surface area contributed by atoms with Crippen molar-refractivity contribution < 1.29 is 4.79 Å². The van der Waals surface area contributed by atoms with E-state index in [-0.39, 0.29) is 11.9 Å². The van der Waals surface area contributed by atoms with E-state index in [0.29, 0.717) is 12.5 Å². The maximum Gasteiger partial charge on any atom is 0.344 e. The number of nitrogens with zero attached hydrogens (tertiary/aromatic N) is 1.